The summed E-state index contributed by atoms with van der Waals surface area (Å²) in [5, 5.41) is 0. The van der Waals surface area contributed by atoms with Crippen LogP contribution in [-0.4, -0.2) is 0 Å². The fraction of sp³-hybridized carbons (Fsp3) is 0. The Hall–Kier alpha value is -6.44. The van der Waals surface area contributed by atoms with E-state index in [-0.39, 0.29) is 0 Å². The van der Waals surface area contributed by atoms with Gasteiger partial charge in [0.05, 0.1) is 0 Å². The van der Waals surface area contributed by atoms with Crippen LogP contribution in [-0.2, 0) is 0 Å². The molecule has 0 bridgehead atoms. The van der Waals surface area contributed by atoms with Crippen LogP contribution in [0, 0.1) is 0 Å². The molecule has 0 saturated carbocycles. The fourth-order valence-corrected chi connectivity index (χ4v) is 6.68. The molecule has 0 heterocycles. The van der Waals surface area contributed by atoms with Gasteiger partial charge in [-0.05, 0) is 92.0 Å². The molecule has 0 aliphatic heterocycles. The summed E-state index contributed by atoms with van der Waals surface area (Å²) < 4.78 is 0. The molecule has 0 fully saturated rings. The minimum Gasteiger partial charge on any atom is -0.310 e. The molecule has 0 aliphatic carbocycles. The fourth-order valence-electron chi connectivity index (χ4n) is 6.68. The molecular formula is C48H35N. The van der Waals surface area contributed by atoms with Gasteiger partial charge in [0.2, 0.25) is 0 Å². The van der Waals surface area contributed by atoms with Crippen molar-refractivity contribution >= 4 is 17.1 Å². The van der Waals surface area contributed by atoms with Crippen molar-refractivity contribution in [2.75, 3.05) is 4.90 Å². The van der Waals surface area contributed by atoms with Gasteiger partial charge in [-0.2, -0.15) is 0 Å². The maximum absolute atomic E-state index is 2.39. The highest BCUT2D eigenvalue weighted by Crippen LogP contribution is 2.43. The monoisotopic (exact) mass is 625 g/mol. The van der Waals surface area contributed by atoms with E-state index in [4.69, 9.17) is 0 Å². The first-order chi connectivity index (χ1) is 24.3. The van der Waals surface area contributed by atoms with E-state index in [2.05, 4.69) is 217 Å². The zero-order valence-corrected chi connectivity index (χ0v) is 27.2. The van der Waals surface area contributed by atoms with Gasteiger partial charge in [-0.25, -0.2) is 0 Å². The largest absolute Gasteiger partial charge is 0.310 e. The van der Waals surface area contributed by atoms with Gasteiger partial charge in [0, 0.05) is 17.1 Å². The van der Waals surface area contributed by atoms with Gasteiger partial charge < -0.3 is 4.90 Å². The molecule has 0 unspecified atom stereocenters. The van der Waals surface area contributed by atoms with Gasteiger partial charge in [-0.3, -0.25) is 0 Å². The molecule has 0 atom stereocenters. The van der Waals surface area contributed by atoms with Crippen LogP contribution in [0.2, 0.25) is 0 Å². The SMILES string of the molecule is c1ccc(-c2ccc(N(c3ccc(-c4ccccc4)c(-c4ccccc4)c3)c3ccc(-c4ccccc4)c(-c4ccccc4)c3)cc2)cc1. The third-order valence-corrected chi connectivity index (χ3v) is 9.09. The van der Waals surface area contributed by atoms with E-state index in [0.29, 0.717) is 0 Å². The average molecular weight is 626 g/mol. The number of anilines is 3. The summed E-state index contributed by atoms with van der Waals surface area (Å²) in [6.07, 6.45) is 0. The predicted octanol–water partition coefficient (Wildman–Crippen LogP) is 13.5. The van der Waals surface area contributed by atoms with Crippen LogP contribution in [0.1, 0.15) is 0 Å². The topological polar surface area (TPSA) is 3.24 Å². The van der Waals surface area contributed by atoms with Crippen LogP contribution >= 0.6 is 0 Å². The quantitative estimate of drug-likeness (QED) is 0.162. The van der Waals surface area contributed by atoms with Crippen molar-refractivity contribution in [3.8, 4) is 55.6 Å². The Kier molecular flexibility index (Phi) is 8.39. The molecule has 8 aromatic carbocycles. The van der Waals surface area contributed by atoms with Crippen molar-refractivity contribution in [3.63, 3.8) is 0 Å². The molecule has 49 heavy (non-hydrogen) atoms. The highest BCUT2D eigenvalue weighted by atomic mass is 15.1. The molecular weight excluding hydrogens is 591 g/mol. The van der Waals surface area contributed by atoms with Crippen LogP contribution in [0.5, 0.6) is 0 Å². The number of rotatable bonds is 8. The first kappa shape index (κ1) is 29.9. The van der Waals surface area contributed by atoms with Crippen molar-refractivity contribution < 1.29 is 0 Å². The minimum atomic E-state index is 1.09. The highest BCUT2D eigenvalue weighted by Gasteiger charge is 2.19. The Morgan fingerprint density at radius 2 is 0.490 bits per heavy atom. The lowest BCUT2D eigenvalue weighted by molar-refractivity contribution is 1.28. The summed E-state index contributed by atoms with van der Waals surface area (Å²) in [6, 6.07) is 76.0. The van der Waals surface area contributed by atoms with Gasteiger partial charge in [0.1, 0.15) is 0 Å². The third kappa shape index (κ3) is 6.31. The second-order valence-corrected chi connectivity index (χ2v) is 12.2. The van der Waals surface area contributed by atoms with Crippen molar-refractivity contribution in [3.05, 3.63) is 212 Å². The highest BCUT2D eigenvalue weighted by molar-refractivity contribution is 5.92. The Balaban J connectivity index is 1.33. The Morgan fingerprint density at radius 1 is 0.204 bits per heavy atom. The Bertz CT molecular complexity index is 2150. The normalized spacial score (nSPS) is 10.9. The van der Waals surface area contributed by atoms with Crippen LogP contribution in [0.15, 0.2) is 212 Å². The summed E-state index contributed by atoms with van der Waals surface area (Å²) in [5.41, 5.74) is 15.3. The van der Waals surface area contributed by atoms with Gasteiger partial charge in [-0.1, -0.05) is 176 Å². The van der Waals surface area contributed by atoms with Gasteiger partial charge >= 0.3 is 0 Å². The summed E-state index contributed by atoms with van der Waals surface area (Å²) in [5.74, 6) is 0. The number of benzene rings is 8. The molecule has 0 amide bonds. The summed E-state index contributed by atoms with van der Waals surface area (Å²) in [7, 11) is 0. The lowest BCUT2D eigenvalue weighted by Gasteiger charge is -2.28. The smallest absolute Gasteiger partial charge is 0.0468 e. The van der Waals surface area contributed by atoms with Crippen molar-refractivity contribution in [2.24, 2.45) is 0 Å². The Morgan fingerprint density at radius 3 is 0.857 bits per heavy atom. The van der Waals surface area contributed by atoms with Crippen molar-refractivity contribution in [1.82, 2.24) is 0 Å². The lowest BCUT2D eigenvalue weighted by Crippen LogP contribution is -2.10. The van der Waals surface area contributed by atoms with Gasteiger partial charge in [0.15, 0.2) is 0 Å². The van der Waals surface area contributed by atoms with E-state index in [1.807, 2.05) is 0 Å². The number of hydrogen-bond acceptors (Lipinski definition) is 1. The van der Waals surface area contributed by atoms with Crippen LogP contribution in [0.4, 0.5) is 17.1 Å². The van der Waals surface area contributed by atoms with E-state index in [0.717, 1.165) is 17.1 Å². The molecule has 1 heteroatoms. The average Bonchev–Trinajstić information content (AvgIpc) is 3.20. The molecule has 0 radical (unpaired) electrons. The molecule has 0 spiro atoms. The predicted molar refractivity (Wildman–Crippen MR) is 208 cm³/mol. The molecule has 0 aromatic heterocycles. The lowest BCUT2D eigenvalue weighted by atomic mass is 9.92. The molecule has 0 saturated heterocycles. The summed E-state index contributed by atoms with van der Waals surface area (Å²) >= 11 is 0. The molecule has 8 rings (SSSR count). The maximum Gasteiger partial charge on any atom is 0.0468 e. The number of hydrogen-bond donors (Lipinski definition) is 0. The van der Waals surface area contributed by atoms with E-state index in [1.165, 1.54) is 55.6 Å². The van der Waals surface area contributed by atoms with Crippen LogP contribution in [0.25, 0.3) is 55.6 Å². The molecule has 232 valence electrons. The van der Waals surface area contributed by atoms with Crippen LogP contribution in [0.3, 0.4) is 0 Å². The van der Waals surface area contributed by atoms with Crippen molar-refractivity contribution in [1.29, 1.82) is 0 Å². The van der Waals surface area contributed by atoms with E-state index < -0.39 is 0 Å². The number of nitrogens with zero attached hydrogens (tertiary/aromatic N) is 1. The summed E-state index contributed by atoms with van der Waals surface area (Å²) in [6.45, 7) is 0. The van der Waals surface area contributed by atoms with E-state index in [9.17, 15) is 0 Å². The van der Waals surface area contributed by atoms with E-state index in [1.54, 1.807) is 0 Å². The maximum atomic E-state index is 2.39. The minimum absolute atomic E-state index is 1.09. The van der Waals surface area contributed by atoms with Gasteiger partial charge in [-0.15, -0.1) is 0 Å². The third-order valence-electron chi connectivity index (χ3n) is 9.09. The second-order valence-electron chi connectivity index (χ2n) is 12.2. The Labute approximate surface area is 289 Å². The molecule has 0 aliphatic rings. The first-order valence-corrected chi connectivity index (χ1v) is 16.8. The zero-order chi connectivity index (χ0) is 32.8. The first-order valence-electron chi connectivity index (χ1n) is 16.8. The molecule has 8 aromatic rings. The standard InChI is InChI=1S/C48H35N/c1-6-16-36(17-7-1)37-26-28-42(29-27-37)49(43-30-32-45(38-18-8-2-9-19-38)47(34-43)40-22-12-4-13-23-40)44-31-33-46(39-20-10-3-11-21-39)48(35-44)41-24-14-5-15-25-41/h1-35H. The van der Waals surface area contributed by atoms with E-state index >= 15 is 0 Å². The second kappa shape index (κ2) is 13.7. The summed E-state index contributed by atoms with van der Waals surface area (Å²) in [4.78, 5) is 2.39. The molecule has 1 nitrogen and oxygen atoms in total. The molecule has 0 N–H and O–H groups in total. The zero-order valence-electron chi connectivity index (χ0n) is 27.2. The van der Waals surface area contributed by atoms with Crippen LogP contribution < -0.4 is 4.90 Å². The van der Waals surface area contributed by atoms with Gasteiger partial charge in [0.25, 0.3) is 0 Å². The van der Waals surface area contributed by atoms with Crippen molar-refractivity contribution in [2.45, 2.75) is 0 Å².